The Morgan fingerprint density at radius 3 is 2.52 bits per heavy atom. The predicted molar refractivity (Wildman–Crippen MR) is 106 cm³/mol. The van der Waals surface area contributed by atoms with Crippen LogP contribution in [0.3, 0.4) is 0 Å². The van der Waals surface area contributed by atoms with Crippen LogP contribution in [0.25, 0.3) is 16.8 Å². The molecule has 1 aliphatic rings. The fourth-order valence-electron chi connectivity index (χ4n) is 3.43. The van der Waals surface area contributed by atoms with Crippen LogP contribution in [-0.4, -0.2) is 3.96 Å². The van der Waals surface area contributed by atoms with E-state index >= 15 is 0 Å². The van der Waals surface area contributed by atoms with E-state index in [9.17, 15) is 13.2 Å². The minimum atomic E-state index is -4.39. The van der Waals surface area contributed by atoms with E-state index in [1.54, 1.807) is 10.0 Å². The van der Waals surface area contributed by atoms with Crippen LogP contribution in [0.5, 0.6) is 0 Å². The zero-order valence-electron chi connectivity index (χ0n) is 14.9. The Morgan fingerprint density at radius 2 is 1.81 bits per heavy atom. The molecule has 2 nitrogen and oxygen atoms in total. The second kappa shape index (κ2) is 5.94. The zero-order chi connectivity index (χ0) is 19.6. The minimum absolute atomic E-state index is 0.375. The van der Waals surface area contributed by atoms with Gasteiger partial charge in [0.1, 0.15) is 4.64 Å². The number of fused-ring (bicyclic) bond motifs is 3. The third kappa shape index (κ3) is 2.89. The van der Waals surface area contributed by atoms with Gasteiger partial charge in [0.05, 0.1) is 21.7 Å². The van der Waals surface area contributed by atoms with Crippen LogP contribution in [0.2, 0.25) is 0 Å². The molecule has 140 valence electrons. The van der Waals surface area contributed by atoms with Gasteiger partial charge in [-0.05, 0) is 44.5 Å². The number of nitrogens with zero attached hydrogens (tertiary/aromatic N) is 1. The van der Waals surface area contributed by atoms with Gasteiger partial charge in [-0.1, -0.05) is 48.0 Å². The van der Waals surface area contributed by atoms with Gasteiger partial charge in [-0.25, -0.2) is 0 Å². The van der Waals surface area contributed by atoms with Gasteiger partial charge in [0.2, 0.25) is 0 Å². The topological polar surface area (TPSA) is 17.0 Å². The van der Waals surface area contributed by atoms with Crippen LogP contribution < -0.4 is 5.32 Å². The first-order valence-corrected chi connectivity index (χ1v) is 9.60. The Labute approximate surface area is 164 Å². The van der Waals surface area contributed by atoms with Crippen LogP contribution in [0.1, 0.15) is 29.9 Å². The lowest BCUT2D eigenvalue weighted by atomic mass is 9.88. The van der Waals surface area contributed by atoms with E-state index in [0.29, 0.717) is 10.3 Å². The average molecular weight is 406 g/mol. The van der Waals surface area contributed by atoms with Crippen molar-refractivity contribution in [2.24, 2.45) is 0 Å². The monoisotopic (exact) mass is 406 g/mol. The highest BCUT2D eigenvalue weighted by molar-refractivity contribution is 7.71. The summed E-state index contributed by atoms with van der Waals surface area (Å²) in [5, 5.41) is 3.56. The van der Waals surface area contributed by atoms with Crippen molar-refractivity contribution in [3.05, 3.63) is 63.1 Å². The van der Waals surface area contributed by atoms with E-state index < -0.39 is 11.7 Å². The first kappa shape index (κ1) is 18.3. The molecule has 0 aliphatic carbocycles. The Morgan fingerprint density at radius 1 is 1.11 bits per heavy atom. The maximum atomic E-state index is 13.1. The number of alkyl halides is 3. The maximum Gasteiger partial charge on any atom is 0.416 e. The van der Waals surface area contributed by atoms with E-state index in [2.05, 4.69) is 19.2 Å². The molecule has 0 unspecified atom stereocenters. The summed E-state index contributed by atoms with van der Waals surface area (Å²) in [6.45, 7) is 6.15. The average Bonchev–Trinajstić information content (AvgIpc) is 2.94. The number of halogens is 3. The molecule has 1 aliphatic heterocycles. The second-order valence-corrected chi connectivity index (χ2v) is 8.53. The Kier molecular flexibility index (Phi) is 4.01. The number of hydrogen-bond acceptors (Lipinski definition) is 3. The van der Waals surface area contributed by atoms with Crippen molar-refractivity contribution >= 4 is 29.4 Å². The summed E-state index contributed by atoms with van der Waals surface area (Å²) in [5.41, 5.74) is 3.43. The summed E-state index contributed by atoms with van der Waals surface area (Å²) in [4.78, 5) is 1.02. The van der Waals surface area contributed by atoms with E-state index in [4.69, 9.17) is 12.2 Å². The molecular weight excluding hydrogens is 389 g/mol. The van der Waals surface area contributed by atoms with E-state index in [1.165, 1.54) is 17.6 Å². The first-order chi connectivity index (χ1) is 12.6. The van der Waals surface area contributed by atoms with Crippen LogP contribution in [0.15, 0.2) is 42.5 Å². The molecule has 0 saturated carbocycles. The first-order valence-electron chi connectivity index (χ1n) is 8.42. The molecule has 7 heteroatoms. The fraction of sp³-hybridized carbons (Fsp3) is 0.250. The van der Waals surface area contributed by atoms with Crippen molar-refractivity contribution in [2.45, 2.75) is 32.5 Å². The van der Waals surface area contributed by atoms with Crippen LogP contribution in [0.4, 0.5) is 18.9 Å². The van der Waals surface area contributed by atoms with Crippen molar-refractivity contribution in [1.82, 2.24) is 3.96 Å². The van der Waals surface area contributed by atoms with Crippen molar-refractivity contribution in [2.75, 3.05) is 5.32 Å². The molecule has 0 fully saturated rings. The molecule has 2 heterocycles. The van der Waals surface area contributed by atoms with Crippen molar-refractivity contribution in [3.63, 3.8) is 0 Å². The smallest absolute Gasteiger partial charge is 0.374 e. The Hall–Kier alpha value is -2.12. The number of hydrogen-bond donors (Lipinski definition) is 1. The molecule has 0 saturated heterocycles. The van der Waals surface area contributed by atoms with E-state index in [1.807, 2.05) is 25.1 Å². The lowest BCUT2D eigenvalue weighted by molar-refractivity contribution is -0.137. The maximum absolute atomic E-state index is 13.1. The lowest BCUT2D eigenvalue weighted by Gasteiger charge is -2.34. The molecule has 0 radical (unpaired) electrons. The van der Waals surface area contributed by atoms with Gasteiger partial charge in [0.25, 0.3) is 0 Å². The van der Waals surface area contributed by atoms with Crippen molar-refractivity contribution in [3.8, 4) is 16.8 Å². The van der Waals surface area contributed by atoms with Crippen LogP contribution in [0, 0.1) is 11.6 Å². The number of para-hydroxylation sites is 1. The van der Waals surface area contributed by atoms with Crippen LogP contribution in [-0.2, 0) is 11.7 Å². The van der Waals surface area contributed by atoms with Gasteiger partial charge >= 0.3 is 6.18 Å². The number of anilines is 1. The Balaban J connectivity index is 1.98. The summed E-state index contributed by atoms with van der Waals surface area (Å²) in [6, 6.07) is 11.3. The molecule has 27 heavy (non-hydrogen) atoms. The number of nitrogens with one attached hydrogen (secondary N) is 1. The third-order valence-electron chi connectivity index (χ3n) is 4.76. The number of benzene rings is 2. The highest BCUT2D eigenvalue weighted by atomic mass is 32.1. The third-order valence-corrected chi connectivity index (χ3v) is 6.74. The molecule has 4 rings (SSSR count). The fourth-order valence-corrected chi connectivity index (χ4v) is 5.08. The summed E-state index contributed by atoms with van der Waals surface area (Å²) >= 11 is 7.11. The second-order valence-electron chi connectivity index (χ2n) is 7.19. The van der Waals surface area contributed by atoms with Gasteiger partial charge in [0.15, 0.2) is 0 Å². The molecule has 0 spiro atoms. The number of aromatic nitrogens is 1. The molecule has 2 aromatic carbocycles. The minimum Gasteiger partial charge on any atom is -0.374 e. The molecule has 1 aromatic heterocycles. The van der Waals surface area contributed by atoms with Gasteiger partial charge in [-0.3, -0.25) is 3.96 Å². The van der Waals surface area contributed by atoms with Crippen LogP contribution >= 0.6 is 23.8 Å². The Bertz CT molecular complexity index is 1110. The lowest BCUT2D eigenvalue weighted by Crippen LogP contribution is -2.31. The van der Waals surface area contributed by atoms with Crippen molar-refractivity contribution < 1.29 is 13.2 Å². The zero-order valence-corrected chi connectivity index (χ0v) is 16.6. The summed E-state index contributed by atoms with van der Waals surface area (Å²) in [7, 11) is 0. The molecule has 1 N–H and O–H groups in total. The largest absolute Gasteiger partial charge is 0.416 e. The normalized spacial score (nSPS) is 15.0. The summed E-state index contributed by atoms with van der Waals surface area (Å²) < 4.78 is 41.7. The molecule has 0 amide bonds. The standard InChI is InChI=1S/C20H17F3N2S2/c1-11-6-4-9-14-15-17(19(2,3)24-16(11)14)27-25(18(15)26)13-8-5-7-12(10-13)20(21,22)23/h4-10,24H,1-3H3. The highest BCUT2D eigenvalue weighted by Gasteiger charge is 2.35. The van der Waals surface area contributed by atoms with Crippen molar-refractivity contribution in [1.29, 1.82) is 0 Å². The van der Waals surface area contributed by atoms with Gasteiger partial charge in [-0.15, -0.1) is 0 Å². The van der Waals surface area contributed by atoms with E-state index in [0.717, 1.165) is 39.4 Å². The molecule has 3 aromatic rings. The predicted octanol–water partition coefficient (Wildman–Crippen LogP) is 6.92. The van der Waals surface area contributed by atoms with Gasteiger partial charge < -0.3 is 5.32 Å². The SMILES string of the molecule is Cc1cccc2c1NC(C)(C)c1sn(-c3cccc(C(F)(F)F)c3)c(=S)c1-2. The van der Waals surface area contributed by atoms with Gasteiger partial charge in [-0.2, -0.15) is 13.2 Å². The summed E-state index contributed by atoms with van der Waals surface area (Å²) in [6.07, 6.45) is -4.39. The highest BCUT2D eigenvalue weighted by Crippen LogP contribution is 2.48. The molecule has 0 bridgehead atoms. The summed E-state index contributed by atoms with van der Waals surface area (Å²) in [5.74, 6) is 0. The van der Waals surface area contributed by atoms with E-state index in [-0.39, 0.29) is 5.54 Å². The quantitative estimate of drug-likeness (QED) is 0.442. The number of aryl methyl sites for hydroxylation is 1. The molecular formula is C20H17F3N2S2. The molecule has 0 atom stereocenters. The van der Waals surface area contributed by atoms with Gasteiger partial charge in [0, 0.05) is 16.8 Å². The number of rotatable bonds is 1.